The molecule has 6 nitrogen and oxygen atoms in total. The van der Waals surface area contributed by atoms with Gasteiger partial charge in [0.25, 0.3) is 10.0 Å². The van der Waals surface area contributed by atoms with Crippen molar-refractivity contribution >= 4 is 21.7 Å². The summed E-state index contributed by atoms with van der Waals surface area (Å²) >= 11 is 0. The molecule has 0 saturated heterocycles. The van der Waals surface area contributed by atoms with Crippen LogP contribution in [0.2, 0.25) is 0 Å². The number of halogens is 1. The van der Waals surface area contributed by atoms with Crippen LogP contribution in [0.15, 0.2) is 59.5 Å². The predicted octanol–water partition coefficient (Wildman–Crippen LogP) is 1.84. The van der Waals surface area contributed by atoms with Crippen LogP contribution in [0, 0.1) is 5.82 Å². The highest BCUT2D eigenvalue weighted by Gasteiger charge is 2.14. The molecular weight excluding hydrogens is 297 g/mol. The molecular formula is C13H12FN3O3S. The van der Waals surface area contributed by atoms with E-state index in [2.05, 4.69) is 5.32 Å². The van der Waals surface area contributed by atoms with Crippen molar-refractivity contribution in [2.45, 2.75) is 4.90 Å². The molecule has 2 aromatic rings. The second-order valence-electron chi connectivity index (χ2n) is 4.00. The first kappa shape index (κ1) is 14.9. The molecule has 0 atom stereocenters. The van der Waals surface area contributed by atoms with E-state index < -0.39 is 21.9 Å². The van der Waals surface area contributed by atoms with E-state index >= 15 is 0 Å². The Hall–Kier alpha value is -2.45. The Kier molecular flexibility index (Phi) is 4.51. The number of rotatable bonds is 4. The summed E-state index contributed by atoms with van der Waals surface area (Å²) in [6, 6.07) is 11.8. The third kappa shape index (κ3) is 4.26. The van der Waals surface area contributed by atoms with Crippen LogP contribution in [0.25, 0.3) is 0 Å². The fourth-order valence-electron chi connectivity index (χ4n) is 1.47. The number of carbonyl (C=O) groups is 1. The predicted molar refractivity (Wildman–Crippen MR) is 75.3 cm³/mol. The molecule has 8 heteroatoms. The molecule has 0 aromatic heterocycles. The third-order valence-corrected chi connectivity index (χ3v) is 3.72. The Labute approximate surface area is 121 Å². The highest BCUT2D eigenvalue weighted by Crippen LogP contribution is 2.08. The molecule has 2 amide bonds. The highest BCUT2D eigenvalue weighted by molar-refractivity contribution is 7.89. The first-order valence-corrected chi connectivity index (χ1v) is 7.35. The minimum Gasteiger partial charge on any atom is -0.307 e. The summed E-state index contributed by atoms with van der Waals surface area (Å²) in [5.41, 5.74) is 2.33. The maximum Gasteiger partial charge on any atom is 0.334 e. The summed E-state index contributed by atoms with van der Waals surface area (Å²) in [4.78, 5) is 13.5. The van der Waals surface area contributed by atoms with Crippen LogP contribution in [0.4, 0.5) is 14.9 Å². The van der Waals surface area contributed by atoms with Crippen LogP contribution in [0.5, 0.6) is 0 Å². The average Bonchev–Trinajstić information content (AvgIpc) is 2.49. The number of amides is 2. The molecule has 2 rings (SSSR count). The number of hydrogen-bond donors (Lipinski definition) is 3. The lowest BCUT2D eigenvalue weighted by Crippen LogP contribution is -2.43. The number of hydrazine groups is 1. The molecule has 0 heterocycles. The number of nitrogens with one attached hydrogen (secondary N) is 3. The maximum atomic E-state index is 12.7. The molecule has 2 aromatic carbocycles. The quantitative estimate of drug-likeness (QED) is 0.753. The lowest BCUT2D eigenvalue weighted by Gasteiger charge is -2.09. The summed E-state index contributed by atoms with van der Waals surface area (Å²) in [7, 11) is -3.84. The zero-order valence-electron chi connectivity index (χ0n) is 10.7. The number of carbonyl (C=O) groups excluding carboxylic acids is 1. The number of urea groups is 1. The highest BCUT2D eigenvalue weighted by atomic mass is 32.2. The molecule has 21 heavy (non-hydrogen) atoms. The van der Waals surface area contributed by atoms with Gasteiger partial charge in [0.05, 0.1) is 4.90 Å². The summed E-state index contributed by atoms with van der Waals surface area (Å²) in [6.07, 6.45) is 0. The van der Waals surface area contributed by atoms with Gasteiger partial charge in [-0.25, -0.2) is 17.6 Å². The van der Waals surface area contributed by atoms with Gasteiger partial charge in [-0.2, -0.15) is 0 Å². The summed E-state index contributed by atoms with van der Waals surface area (Å²) in [6.45, 7) is 0. The zero-order chi connectivity index (χ0) is 15.3. The van der Waals surface area contributed by atoms with Gasteiger partial charge in [-0.3, -0.25) is 5.43 Å². The molecule has 110 valence electrons. The average molecular weight is 309 g/mol. The second-order valence-corrected chi connectivity index (χ2v) is 5.69. The van der Waals surface area contributed by atoms with Crippen LogP contribution < -0.4 is 15.6 Å². The van der Waals surface area contributed by atoms with E-state index in [4.69, 9.17) is 0 Å². The molecule has 0 aliphatic heterocycles. The first-order chi connectivity index (χ1) is 9.97. The summed E-state index contributed by atoms with van der Waals surface area (Å²) < 4.78 is 36.4. The second kappa shape index (κ2) is 6.33. The third-order valence-electron chi connectivity index (χ3n) is 2.45. The van der Waals surface area contributed by atoms with Gasteiger partial charge in [-0.05, 0) is 36.4 Å². The van der Waals surface area contributed by atoms with Gasteiger partial charge in [0.15, 0.2) is 0 Å². The summed E-state index contributed by atoms with van der Waals surface area (Å²) in [5.74, 6) is -0.439. The van der Waals surface area contributed by atoms with Crippen molar-refractivity contribution in [1.29, 1.82) is 0 Å². The topological polar surface area (TPSA) is 87.3 Å². The smallest absolute Gasteiger partial charge is 0.307 e. The van der Waals surface area contributed by atoms with E-state index in [1.807, 2.05) is 10.3 Å². The number of sulfonamides is 1. The van der Waals surface area contributed by atoms with Crippen LogP contribution in [-0.4, -0.2) is 14.4 Å². The van der Waals surface area contributed by atoms with E-state index in [0.717, 1.165) is 0 Å². The van der Waals surface area contributed by atoms with Crippen LogP contribution in [-0.2, 0) is 10.0 Å². The zero-order valence-corrected chi connectivity index (χ0v) is 11.5. The van der Waals surface area contributed by atoms with Gasteiger partial charge in [-0.15, -0.1) is 4.83 Å². The van der Waals surface area contributed by atoms with Crippen LogP contribution >= 0.6 is 0 Å². The molecule has 0 spiro atoms. The number of benzene rings is 2. The van der Waals surface area contributed by atoms with E-state index in [1.165, 1.54) is 36.4 Å². The molecule has 0 saturated carbocycles. The van der Waals surface area contributed by atoms with E-state index in [1.54, 1.807) is 18.2 Å². The van der Waals surface area contributed by atoms with Crippen molar-refractivity contribution in [3.8, 4) is 0 Å². The lowest BCUT2D eigenvalue weighted by atomic mass is 10.3. The first-order valence-electron chi connectivity index (χ1n) is 5.87. The van der Waals surface area contributed by atoms with Gasteiger partial charge in [-0.1, -0.05) is 18.2 Å². The SMILES string of the molecule is O=C(NNS(=O)(=O)c1ccccc1)Nc1ccc(F)cc1. The minimum atomic E-state index is -3.84. The molecule has 0 aliphatic carbocycles. The van der Waals surface area contributed by atoms with Crippen molar-refractivity contribution in [1.82, 2.24) is 10.3 Å². The van der Waals surface area contributed by atoms with Gasteiger partial charge in [0.1, 0.15) is 5.82 Å². The van der Waals surface area contributed by atoms with Crippen molar-refractivity contribution in [3.05, 3.63) is 60.4 Å². The van der Waals surface area contributed by atoms with E-state index in [0.29, 0.717) is 5.69 Å². The van der Waals surface area contributed by atoms with Crippen LogP contribution in [0.1, 0.15) is 0 Å². The minimum absolute atomic E-state index is 0.0204. The van der Waals surface area contributed by atoms with Crippen molar-refractivity contribution in [2.24, 2.45) is 0 Å². The number of anilines is 1. The maximum absolute atomic E-state index is 12.7. The van der Waals surface area contributed by atoms with Gasteiger partial charge < -0.3 is 5.32 Å². The standard InChI is InChI=1S/C13H12FN3O3S/c14-10-6-8-11(9-7-10)15-13(18)16-17-21(19,20)12-4-2-1-3-5-12/h1-9,17H,(H2,15,16,18). The van der Waals surface area contributed by atoms with Gasteiger partial charge in [0, 0.05) is 5.69 Å². The Balaban J connectivity index is 1.93. The fraction of sp³-hybridized carbons (Fsp3) is 0. The molecule has 0 radical (unpaired) electrons. The molecule has 0 aliphatic rings. The lowest BCUT2D eigenvalue weighted by molar-refractivity contribution is 0.250. The Morgan fingerprint density at radius 3 is 2.19 bits per heavy atom. The van der Waals surface area contributed by atoms with Crippen molar-refractivity contribution in [3.63, 3.8) is 0 Å². The Bertz CT molecular complexity index is 718. The molecule has 0 fully saturated rings. The fourth-order valence-corrected chi connectivity index (χ4v) is 2.33. The van der Waals surface area contributed by atoms with Crippen molar-refractivity contribution in [2.75, 3.05) is 5.32 Å². The Morgan fingerprint density at radius 1 is 0.952 bits per heavy atom. The van der Waals surface area contributed by atoms with Gasteiger partial charge in [0.2, 0.25) is 0 Å². The Morgan fingerprint density at radius 2 is 1.57 bits per heavy atom. The summed E-state index contributed by atoms with van der Waals surface area (Å²) in [5, 5.41) is 2.35. The molecule has 0 bridgehead atoms. The van der Waals surface area contributed by atoms with E-state index in [-0.39, 0.29) is 4.90 Å². The van der Waals surface area contributed by atoms with Gasteiger partial charge >= 0.3 is 6.03 Å². The number of hydrogen-bond acceptors (Lipinski definition) is 3. The normalized spacial score (nSPS) is 10.9. The van der Waals surface area contributed by atoms with Crippen LogP contribution in [0.3, 0.4) is 0 Å². The molecule has 3 N–H and O–H groups in total. The van der Waals surface area contributed by atoms with E-state index in [9.17, 15) is 17.6 Å². The van der Waals surface area contributed by atoms with Crippen molar-refractivity contribution < 1.29 is 17.6 Å². The monoisotopic (exact) mass is 309 g/mol. The largest absolute Gasteiger partial charge is 0.334 e. The molecule has 0 unspecified atom stereocenters.